The summed E-state index contributed by atoms with van der Waals surface area (Å²) in [5.41, 5.74) is 3.51. The van der Waals surface area contributed by atoms with Crippen LogP contribution < -0.4 is 0 Å². The van der Waals surface area contributed by atoms with Crippen molar-refractivity contribution in [3.63, 3.8) is 0 Å². The van der Waals surface area contributed by atoms with Crippen LogP contribution in [0, 0.1) is 0 Å². The molecule has 0 saturated carbocycles. The lowest BCUT2D eigenvalue weighted by atomic mass is 10.1. The molecule has 0 radical (unpaired) electrons. The first kappa shape index (κ1) is 20.4. The number of fused-ring (bicyclic) bond motifs is 1. The monoisotopic (exact) mass is 442 g/mol. The average molecular weight is 443 g/mol. The predicted molar refractivity (Wildman–Crippen MR) is 127 cm³/mol. The van der Waals surface area contributed by atoms with Crippen molar-refractivity contribution in [2.45, 2.75) is 12.2 Å². The van der Waals surface area contributed by atoms with Gasteiger partial charge in [0.1, 0.15) is 5.76 Å². The standard InChI is InChI=1S/C26H22N2O3S/c1-27-16-19(21-11-5-6-12-22(21)27)13-14-28-25(29)23(18-8-3-2-4-9-18)24(26(28)30)32-17-20-10-7-15-31-20/h2-12,15-16H,13-14,17H2,1H3. The van der Waals surface area contributed by atoms with Crippen molar-refractivity contribution >= 4 is 40.1 Å². The summed E-state index contributed by atoms with van der Waals surface area (Å²) < 4.78 is 7.50. The second-order valence-corrected chi connectivity index (χ2v) is 8.72. The molecule has 32 heavy (non-hydrogen) atoms. The Morgan fingerprint density at radius 2 is 1.69 bits per heavy atom. The highest BCUT2D eigenvalue weighted by Crippen LogP contribution is 2.37. The zero-order valence-electron chi connectivity index (χ0n) is 17.7. The number of furan rings is 1. The van der Waals surface area contributed by atoms with Crippen molar-refractivity contribution < 1.29 is 14.0 Å². The number of aryl methyl sites for hydroxylation is 1. The predicted octanol–water partition coefficient (Wildman–Crippen LogP) is 5.03. The van der Waals surface area contributed by atoms with Gasteiger partial charge in [-0.1, -0.05) is 48.5 Å². The van der Waals surface area contributed by atoms with Gasteiger partial charge < -0.3 is 8.98 Å². The molecule has 1 aliphatic rings. The van der Waals surface area contributed by atoms with Crippen molar-refractivity contribution in [3.8, 4) is 0 Å². The number of amides is 2. The summed E-state index contributed by atoms with van der Waals surface area (Å²) in [5, 5.41) is 1.15. The van der Waals surface area contributed by atoms with E-state index in [1.54, 1.807) is 6.26 Å². The molecule has 0 saturated heterocycles. The van der Waals surface area contributed by atoms with Crippen LogP contribution in [0.4, 0.5) is 0 Å². The molecule has 2 aromatic heterocycles. The van der Waals surface area contributed by atoms with Gasteiger partial charge in [-0.25, -0.2) is 0 Å². The molecule has 5 nitrogen and oxygen atoms in total. The number of imide groups is 1. The maximum Gasteiger partial charge on any atom is 0.268 e. The van der Waals surface area contributed by atoms with Crippen LogP contribution in [-0.2, 0) is 28.8 Å². The third-order valence-corrected chi connectivity index (χ3v) is 6.81. The molecule has 0 bridgehead atoms. The van der Waals surface area contributed by atoms with E-state index in [4.69, 9.17) is 4.42 Å². The average Bonchev–Trinajstić information content (AvgIpc) is 3.50. The molecular weight excluding hydrogens is 420 g/mol. The number of carbonyl (C=O) groups excluding carboxylic acids is 2. The number of carbonyl (C=O) groups is 2. The molecule has 0 unspecified atom stereocenters. The highest BCUT2D eigenvalue weighted by molar-refractivity contribution is 8.03. The van der Waals surface area contributed by atoms with E-state index in [0.717, 1.165) is 27.8 Å². The minimum atomic E-state index is -0.233. The molecule has 0 atom stereocenters. The number of nitrogens with zero attached hydrogens (tertiary/aromatic N) is 2. The van der Waals surface area contributed by atoms with Gasteiger partial charge in [0.05, 0.1) is 22.5 Å². The highest BCUT2D eigenvalue weighted by Gasteiger charge is 2.39. The third-order valence-electron chi connectivity index (χ3n) is 5.71. The van der Waals surface area contributed by atoms with E-state index < -0.39 is 0 Å². The summed E-state index contributed by atoms with van der Waals surface area (Å²) >= 11 is 1.36. The summed E-state index contributed by atoms with van der Waals surface area (Å²) in [4.78, 5) is 28.6. The lowest BCUT2D eigenvalue weighted by Crippen LogP contribution is -2.33. The van der Waals surface area contributed by atoms with E-state index in [-0.39, 0.29) is 11.8 Å². The van der Waals surface area contributed by atoms with E-state index in [9.17, 15) is 9.59 Å². The van der Waals surface area contributed by atoms with Gasteiger partial charge in [0, 0.05) is 30.7 Å². The Kier molecular flexibility index (Phi) is 5.45. The van der Waals surface area contributed by atoms with Gasteiger partial charge in [0.15, 0.2) is 0 Å². The number of hydrogen-bond donors (Lipinski definition) is 0. The van der Waals surface area contributed by atoms with Gasteiger partial charge in [0.2, 0.25) is 0 Å². The number of hydrogen-bond acceptors (Lipinski definition) is 4. The molecule has 4 aromatic rings. The molecule has 2 aromatic carbocycles. The molecule has 0 fully saturated rings. The Morgan fingerprint density at radius 3 is 2.47 bits per heavy atom. The molecule has 0 spiro atoms. The fraction of sp³-hybridized carbons (Fsp3) is 0.154. The van der Waals surface area contributed by atoms with Crippen LogP contribution in [0.5, 0.6) is 0 Å². The highest BCUT2D eigenvalue weighted by atomic mass is 32.2. The summed E-state index contributed by atoms with van der Waals surface area (Å²) in [6.07, 6.45) is 4.30. The number of benzene rings is 2. The van der Waals surface area contributed by atoms with E-state index >= 15 is 0 Å². The summed E-state index contributed by atoms with van der Waals surface area (Å²) in [5.74, 6) is 0.799. The minimum Gasteiger partial charge on any atom is -0.468 e. The van der Waals surface area contributed by atoms with Crippen molar-refractivity contribution in [1.82, 2.24) is 9.47 Å². The van der Waals surface area contributed by atoms with Gasteiger partial charge in [-0.05, 0) is 35.7 Å². The van der Waals surface area contributed by atoms with Crippen LogP contribution in [0.3, 0.4) is 0 Å². The lowest BCUT2D eigenvalue weighted by molar-refractivity contribution is -0.136. The second-order valence-electron chi connectivity index (χ2n) is 7.73. The quantitative estimate of drug-likeness (QED) is 0.377. The molecular formula is C26H22N2O3S. The van der Waals surface area contributed by atoms with Crippen LogP contribution in [-0.4, -0.2) is 27.8 Å². The number of thioether (sulfide) groups is 1. The van der Waals surface area contributed by atoms with Crippen LogP contribution in [0.25, 0.3) is 16.5 Å². The van der Waals surface area contributed by atoms with Gasteiger partial charge in [-0.2, -0.15) is 0 Å². The van der Waals surface area contributed by atoms with Crippen molar-refractivity contribution in [3.05, 3.63) is 101 Å². The first-order valence-corrected chi connectivity index (χ1v) is 11.5. The largest absolute Gasteiger partial charge is 0.468 e. The van der Waals surface area contributed by atoms with Gasteiger partial charge in [-0.3, -0.25) is 14.5 Å². The second kappa shape index (κ2) is 8.55. The lowest BCUT2D eigenvalue weighted by Gasteiger charge is -2.15. The topological polar surface area (TPSA) is 55.5 Å². The van der Waals surface area contributed by atoms with E-state index in [1.165, 1.54) is 16.7 Å². The molecule has 2 amide bonds. The van der Waals surface area contributed by atoms with Crippen LogP contribution in [0.2, 0.25) is 0 Å². The number of para-hydroxylation sites is 1. The van der Waals surface area contributed by atoms with Gasteiger partial charge in [-0.15, -0.1) is 11.8 Å². The maximum atomic E-state index is 13.4. The van der Waals surface area contributed by atoms with Gasteiger partial charge >= 0.3 is 0 Å². The zero-order valence-corrected chi connectivity index (χ0v) is 18.5. The molecule has 6 heteroatoms. The van der Waals surface area contributed by atoms with Crippen LogP contribution in [0.1, 0.15) is 16.9 Å². The van der Waals surface area contributed by atoms with Crippen molar-refractivity contribution in [1.29, 1.82) is 0 Å². The fourth-order valence-electron chi connectivity index (χ4n) is 4.15. The van der Waals surface area contributed by atoms with Crippen LogP contribution >= 0.6 is 11.8 Å². The Hall–Kier alpha value is -3.51. The van der Waals surface area contributed by atoms with E-state index in [1.807, 2.05) is 61.6 Å². The zero-order chi connectivity index (χ0) is 22.1. The SMILES string of the molecule is Cn1cc(CCN2C(=O)C(SCc3ccco3)=C(c3ccccc3)C2=O)c2ccccc21. The molecule has 160 valence electrons. The Morgan fingerprint density at radius 1 is 0.906 bits per heavy atom. The summed E-state index contributed by atoms with van der Waals surface area (Å²) in [7, 11) is 2.01. The van der Waals surface area contributed by atoms with Crippen molar-refractivity contribution in [2.75, 3.05) is 6.54 Å². The maximum absolute atomic E-state index is 13.4. The minimum absolute atomic E-state index is 0.231. The molecule has 1 aliphatic heterocycles. The first-order valence-electron chi connectivity index (χ1n) is 10.5. The summed E-state index contributed by atoms with van der Waals surface area (Å²) in [6.45, 7) is 0.340. The van der Waals surface area contributed by atoms with E-state index in [2.05, 4.69) is 22.9 Å². The fourth-order valence-corrected chi connectivity index (χ4v) is 5.18. The molecule has 0 aliphatic carbocycles. The Balaban J connectivity index is 1.42. The third kappa shape index (κ3) is 3.67. The normalized spacial score (nSPS) is 14.2. The van der Waals surface area contributed by atoms with E-state index in [0.29, 0.717) is 29.2 Å². The van der Waals surface area contributed by atoms with Crippen molar-refractivity contribution in [2.24, 2.45) is 7.05 Å². The summed E-state index contributed by atoms with van der Waals surface area (Å²) in [6, 6.07) is 21.3. The Labute approximate surface area is 190 Å². The molecule has 3 heterocycles. The molecule has 5 rings (SSSR count). The Bertz CT molecular complexity index is 1320. The van der Waals surface area contributed by atoms with Gasteiger partial charge in [0.25, 0.3) is 11.8 Å². The number of rotatable bonds is 7. The number of aromatic nitrogens is 1. The molecule has 0 N–H and O–H groups in total. The first-order chi connectivity index (χ1) is 15.6. The van der Waals surface area contributed by atoms with Crippen LogP contribution in [0.15, 0.2) is 88.5 Å². The smallest absolute Gasteiger partial charge is 0.268 e.